The van der Waals surface area contributed by atoms with Crippen molar-refractivity contribution in [3.63, 3.8) is 0 Å². The smallest absolute Gasteiger partial charge is 0.378 e. The average Bonchev–Trinajstić information content (AvgIpc) is 3.20. The second kappa shape index (κ2) is 18.0. The van der Waals surface area contributed by atoms with Crippen molar-refractivity contribution < 1.29 is 122 Å². The number of halogens is 19. The summed E-state index contributed by atoms with van der Waals surface area (Å²) >= 11 is 4.32. The summed E-state index contributed by atoms with van der Waals surface area (Å²) in [5.74, 6) is -42.7. The lowest BCUT2D eigenvalue weighted by Crippen LogP contribution is -2.63. The zero-order valence-corrected chi connectivity index (χ0v) is 33.8. The maximum Gasteiger partial charge on any atom is 0.460 e. The summed E-state index contributed by atoms with van der Waals surface area (Å²) in [6, 6.07) is 12.9. The molecule has 66 heavy (non-hydrogen) atoms. The fraction of sp³-hybridized carbons (Fsp3) is 0.118. The van der Waals surface area contributed by atoms with E-state index in [9.17, 15) is 109 Å². The zero-order valence-electron chi connectivity index (χ0n) is 30.4. The second-order valence-electron chi connectivity index (χ2n) is 12.2. The summed E-state index contributed by atoms with van der Waals surface area (Å²) in [7, 11) is -18.8. The number of thiol groups is 1. The van der Waals surface area contributed by atoms with Gasteiger partial charge in [-0.05, 0) is 23.8 Å². The third kappa shape index (κ3) is 9.27. The molecule has 5 aromatic rings. The fourth-order valence-corrected chi connectivity index (χ4v) is 7.95. The quantitative estimate of drug-likeness (QED) is 0.0330. The van der Waals surface area contributed by atoms with E-state index in [0.717, 1.165) is 36.4 Å². The van der Waals surface area contributed by atoms with Gasteiger partial charge in [-0.1, -0.05) is 48.5 Å². The largest absolute Gasteiger partial charge is 0.460 e. The van der Waals surface area contributed by atoms with Crippen molar-refractivity contribution >= 4 is 43.0 Å². The van der Waals surface area contributed by atoms with Gasteiger partial charge in [0, 0.05) is 21.6 Å². The van der Waals surface area contributed by atoms with Crippen molar-refractivity contribution in [2.24, 2.45) is 0 Å². The van der Waals surface area contributed by atoms with Crippen molar-refractivity contribution in [2.75, 3.05) is 0 Å². The van der Waals surface area contributed by atoms with E-state index in [2.05, 4.69) is 12.6 Å². The highest BCUT2D eigenvalue weighted by Crippen LogP contribution is 2.54. The van der Waals surface area contributed by atoms with Gasteiger partial charge in [0.25, 0.3) is 0 Å². The predicted octanol–water partition coefficient (Wildman–Crippen LogP) is 10.5. The molecule has 0 spiro atoms. The van der Waals surface area contributed by atoms with Gasteiger partial charge in [0.05, 0.1) is 0 Å². The minimum atomic E-state index is -7.37. The molecule has 0 aliphatic carbocycles. The molecule has 32 heteroatoms. The van der Waals surface area contributed by atoms with Crippen LogP contribution in [0.2, 0.25) is 0 Å². The maximum absolute atomic E-state index is 14.4. The summed E-state index contributed by atoms with van der Waals surface area (Å²) in [6.45, 7) is 0. The first-order valence-electron chi connectivity index (χ1n) is 16.0. The summed E-state index contributed by atoms with van der Waals surface area (Å²) in [5, 5.41) is -7.00. The summed E-state index contributed by atoms with van der Waals surface area (Å²) in [4.78, 5) is -4.66. The molecule has 0 aliphatic rings. The first-order chi connectivity index (χ1) is 29.9. The van der Waals surface area contributed by atoms with Gasteiger partial charge in [0.15, 0.2) is 67.8 Å². The van der Waals surface area contributed by atoms with E-state index < -0.39 is 133 Å². The fourth-order valence-electron chi connectivity index (χ4n) is 5.01. The minimum Gasteiger partial charge on any atom is -0.378 e. The van der Waals surface area contributed by atoms with Crippen LogP contribution < -0.4 is 8.37 Å². The third-order valence-corrected chi connectivity index (χ3v) is 11.8. The Hall–Kier alpha value is -5.47. The highest BCUT2D eigenvalue weighted by atomic mass is 32.2. The zero-order chi connectivity index (χ0) is 50.7. The molecule has 0 atom stereocenters. The number of benzene rings is 5. The van der Waals surface area contributed by atoms with E-state index in [1.54, 1.807) is 0 Å². The third-order valence-electron chi connectivity index (χ3n) is 8.05. The van der Waals surface area contributed by atoms with Gasteiger partial charge in [-0.25, -0.2) is 43.9 Å². The second-order valence-corrected chi connectivity index (χ2v) is 17.1. The molecule has 9 nitrogen and oxygen atoms in total. The Labute approximate surface area is 360 Å². The van der Waals surface area contributed by atoms with Gasteiger partial charge in [-0.3, -0.25) is 4.55 Å². The number of para-hydroxylation sites is 2. The van der Waals surface area contributed by atoms with Crippen molar-refractivity contribution in [2.45, 2.75) is 38.0 Å². The van der Waals surface area contributed by atoms with E-state index in [1.165, 1.54) is 30.3 Å². The van der Waals surface area contributed by atoms with Crippen LogP contribution in [0.1, 0.15) is 0 Å². The van der Waals surface area contributed by atoms with Crippen LogP contribution in [0.5, 0.6) is 11.5 Å². The average molecular weight is 1050 g/mol. The maximum atomic E-state index is 14.4. The van der Waals surface area contributed by atoms with Gasteiger partial charge in [-0.2, -0.15) is 64.8 Å². The van der Waals surface area contributed by atoms with Crippen molar-refractivity contribution in [3.05, 3.63) is 125 Å². The number of hydrogen-bond acceptors (Lipinski definition) is 9. The van der Waals surface area contributed by atoms with Gasteiger partial charge >= 0.3 is 53.6 Å². The van der Waals surface area contributed by atoms with Gasteiger partial charge in [0.2, 0.25) is 11.6 Å². The monoisotopic (exact) mass is 1050 g/mol. The molecule has 0 aromatic heterocycles. The lowest BCUT2D eigenvalue weighted by Gasteiger charge is -2.31. The summed E-state index contributed by atoms with van der Waals surface area (Å²) in [5.41, 5.74) is -0.856. The number of alkyl halides is 9. The first-order valence-corrected chi connectivity index (χ1v) is 20.7. The Balaban J connectivity index is 0.000000475. The molecule has 0 amide bonds. The first kappa shape index (κ1) is 53.1. The topological polar surface area (TPSA) is 141 Å². The molecule has 0 radical (unpaired) electrons. The van der Waals surface area contributed by atoms with Crippen LogP contribution >= 0.6 is 12.6 Å². The molecule has 1 N–H and O–H groups in total. The lowest BCUT2D eigenvalue weighted by atomic mass is 9.93. The van der Waals surface area contributed by atoms with Crippen molar-refractivity contribution in [1.29, 1.82) is 0 Å². The molecule has 0 fully saturated rings. The Kier molecular flexibility index (Phi) is 14.5. The molecular weight excluding hydrogens is 1040 g/mol. The van der Waals surface area contributed by atoms with E-state index in [0.29, 0.717) is 0 Å². The van der Waals surface area contributed by atoms with Crippen LogP contribution in [-0.2, 0) is 30.4 Å². The van der Waals surface area contributed by atoms with Gasteiger partial charge in [-0.15, -0.1) is 12.6 Å². The Morgan fingerprint density at radius 1 is 0.424 bits per heavy atom. The molecule has 360 valence electrons. The molecule has 0 aliphatic heterocycles. The van der Waals surface area contributed by atoms with Crippen LogP contribution in [0, 0.1) is 58.2 Å². The lowest BCUT2D eigenvalue weighted by molar-refractivity contribution is -0.382. The van der Waals surface area contributed by atoms with E-state index >= 15 is 0 Å². The van der Waals surface area contributed by atoms with Gasteiger partial charge in [0.1, 0.15) is 0 Å². The summed E-state index contributed by atoms with van der Waals surface area (Å²) in [6.07, 6.45) is -7.13. The van der Waals surface area contributed by atoms with Crippen LogP contribution in [0.25, 0.3) is 22.3 Å². The van der Waals surface area contributed by atoms with E-state index in [-0.39, 0.29) is 27.1 Å². The highest BCUT2D eigenvalue weighted by Gasteiger charge is 2.85. The predicted molar refractivity (Wildman–Crippen MR) is 185 cm³/mol. The Bertz CT molecular complexity index is 3030. The number of hydrogen-bond donors (Lipinski definition) is 2. The van der Waals surface area contributed by atoms with Crippen LogP contribution in [0.15, 0.2) is 81.4 Å². The van der Waals surface area contributed by atoms with Crippen molar-refractivity contribution in [3.8, 4) is 33.8 Å². The van der Waals surface area contributed by atoms with Crippen LogP contribution in [0.3, 0.4) is 0 Å². The molecule has 0 saturated heterocycles. The Morgan fingerprint density at radius 3 is 1.11 bits per heavy atom. The molecular formula is C34H13F19O9S4. The molecule has 0 heterocycles. The van der Waals surface area contributed by atoms with Crippen LogP contribution in [-0.4, -0.2) is 53.1 Å². The standard InChI is InChI=1S/C30H12F10O6S3.C4HF9O3S/c31-19-21(33)25(37)29(26(38)22(19)34)48(41,42)45-15-9-3-1-6-12(15)13-8-5-11-17(47)18(13)14-7-2-4-10-16(14)46-49(43,44)30-27(39)23(35)20(32)24(36)28(30)40;5-1(6,3(9,10)11)2(7,8)4(12,13)17(14,15)16/h1-11,47H;(H,14,15,16). The summed E-state index contributed by atoms with van der Waals surface area (Å²) < 4.78 is 336. The minimum absolute atomic E-state index is 0.0420. The van der Waals surface area contributed by atoms with E-state index in [1.807, 2.05) is 0 Å². The normalized spacial score (nSPS) is 13.0. The molecule has 5 aromatic carbocycles. The number of rotatable bonds is 11. The molecule has 0 bridgehead atoms. The molecule has 0 saturated carbocycles. The SMILES string of the molecule is O=S(=O)(O)C(F)(F)C(F)(F)C(F)(F)C(F)(F)F.O=S(=O)(Oc1ccccc1-c1cccc(S)c1-c1ccccc1OS(=O)(=O)c1c(F)c(F)c(F)c(F)c1F)c1c(F)c(F)c(F)c(F)c1F. The van der Waals surface area contributed by atoms with Gasteiger partial charge < -0.3 is 8.37 Å². The van der Waals surface area contributed by atoms with Crippen molar-refractivity contribution in [1.82, 2.24) is 0 Å². The molecule has 0 unspecified atom stereocenters. The Morgan fingerprint density at radius 2 is 0.742 bits per heavy atom. The highest BCUT2D eigenvalue weighted by molar-refractivity contribution is 7.87. The molecule has 5 rings (SSSR count). The van der Waals surface area contributed by atoms with E-state index in [4.69, 9.17) is 12.9 Å². The van der Waals surface area contributed by atoms with Crippen LogP contribution in [0.4, 0.5) is 83.4 Å².